The topological polar surface area (TPSA) is 99.1 Å². The normalized spacial score (nSPS) is 14.6. The molecule has 8 heteroatoms. The zero-order valence-electron chi connectivity index (χ0n) is 11.0. The first-order chi connectivity index (χ1) is 9.99. The molecule has 7 nitrogen and oxygen atoms in total. The molecule has 112 valence electrons. The van der Waals surface area contributed by atoms with Gasteiger partial charge in [0.25, 0.3) is 5.91 Å². The van der Waals surface area contributed by atoms with Crippen LogP contribution in [-0.2, 0) is 9.53 Å². The second-order valence-electron chi connectivity index (χ2n) is 4.39. The van der Waals surface area contributed by atoms with E-state index in [9.17, 15) is 14.7 Å². The molecule has 1 amide bonds. The van der Waals surface area contributed by atoms with Crippen LogP contribution in [0.1, 0.15) is 10.4 Å². The van der Waals surface area contributed by atoms with Gasteiger partial charge in [-0.05, 0) is 18.2 Å². The maximum Gasteiger partial charge on any atom is 0.337 e. The highest BCUT2D eigenvalue weighted by molar-refractivity contribution is 7.82. The third-order valence-corrected chi connectivity index (χ3v) is 3.42. The number of hydrogen-bond acceptors (Lipinski definition) is 5. The molecule has 2 rings (SSSR count). The lowest BCUT2D eigenvalue weighted by atomic mass is 10.1. The van der Waals surface area contributed by atoms with Gasteiger partial charge in [0, 0.05) is 13.1 Å². The van der Waals surface area contributed by atoms with Gasteiger partial charge in [-0.15, -0.1) is 0 Å². The largest absolute Gasteiger partial charge is 0.508 e. The number of nitrogens with zero attached hydrogens (tertiary/aromatic N) is 1. The average molecular weight is 310 g/mol. The lowest BCUT2D eigenvalue weighted by Gasteiger charge is -2.28. The van der Waals surface area contributed by atoms with Crippen molar-refractivity contribution in [1.29, 1.82) is 0 Å². The van der Waals surface area contributed by atoms with Crippen LogP contribution in [0.3, 0.4) is 0 Å². The molecule has 0 spiro atoms. The molecule has 0 radical (unpaired) electrons. The first kappa shape index (κ1) is 15.2. The molecule has 0 atom stereocenters. The summed E-state index contributed by atoms with van der Waals surface area (Å²) in [7, 11) is 0. The molecule has 1 aromatic carbocycles. The molecule has 1 aliphatic heterocycles. The van der Waals surface area contributed by atoms with Gasteiger partial charge in [0.2, 0.25) is 0 Å². The summed E-state index contributed by atoms with van der Waals surface area (Å²) in [4.78, 5) is 25.0. The Hall–Kier alpha value is -2.19. The Morgan fingerprint density at radius 3 is 2.57 bits per heavy atom. The van der Waals surface area contributed by atoms with Gasteiger partial charge < -0.3 is 25.2 Å². The molecular weight excluding hydrogens is 296 g/mol. The van der Waals surface area contributed by atoms with Gasteiger partial charge >= 0.3 is 5.97 Å². The minimum Gasteiger partial charge on any atom is -0.508 e. The summed E-state index contributed by atoms with van der Waals surface area (Å²) < 4.78 is 5.17. The second-order valence-corrected chi connectivity index (χ2v) is 4.78. The zero-order valence-corrected chi connectivity index (χ0v) is 11.9. The molecule has 1 fully saturated rings. The first-order valence-corrected chi connectivity index (χ1v) is 6.64. The van der Waals surface area contributed by atoms with Crippen LogP contribution in [0.15, 0.2) is 18.2 Å². The van der Waals surface area contributed by atoms with E-state index in [-0.39, 0.29) is 22.0 Å². The number of morpholine rings is 1. The minimum atomic E-state index is -1.25. The van der Waals surface area contributed by atoms with Crippen LogP contribution >= 0.6 is 12.2 Å². The number of benzene rings is 1. The number of anilines is 1. The minimum absolute atomic E-state index is 0.0842. The van der Waals surface area contributed by atoms with Crippen LogP contribution < -0.4 is 5.32 Å². The van der Waals surface area contributed by atoms with E-state index < -0.39 is 11.9 Å². The monoisotopic (exact) mass is 310 g/mol. The number of phenolic OH excluding ortho intramolecular Hbond substituents is 1. The van der Waals surface area contributed by atoms with Crippen molar-refractivity contribution in [3.63, 3.8) is 0 Å². The van der Waals surface area contributed by atoms with E-state index >= 15 is 0 Å². The first-order valence-electron chi connectivity index (χ1n) is 6.23. The predicted molar refractivity (Wildman–Crippen MR) is 78.7 cm³/mol. The number of rotatable bonds is 2. The molecule has 0 aliphatic carbocycles. The SMILES string of the molecule is O=C(Nc1ccc(O)cc1C(=O)O)C(=S)N1CCOCC1. The fraction of sp³-hybridized carbons (Fsp3) is 0.308. The Kier molecular flexibility index (Phi) is 4.71. The third-order valence-electron chi connectivity index (χ3n) is 2.97. The summed E-state index contributed by atoms with van der Waals surface area (Å²) in [5.41, 5.74) is -0.117. The molecule has 0 saturated carbocycles. The van der Waals surface area contributed by atoms with Crippen LogP contribution in [-0.4, -0.2) is 58.3 Å². The average Bonchev–Trinajstić information content (AvgIpc) is 2.49. The fourth-order valence-electron chi connectivity index (χ4n) is 1.90. The van der Waals surface area contributed by atoms with E-state index in [0.29, 0.717) is 26.3 Å². The number of thiocarbonyl (C=S) groups is 1. The molecule has 1 heterocycles. The van der Waals surface area contributed by atoms with Crippen molar-refractivity contribution in [1.82, 2.24) is 4.90 Å². The number of amides is 1. The maximum absolute atomic E-state index is 12.1. The number of hydrogen-bond donors (Lipinski definition) is 3. The number of aromatic carboxylic acids is 1. The highest BCUT2D eigenvalue weighted by atomic mass is 32.1. The van der Waals surface area contributed by atoms with Crippen molar-refractivity contribution < 1.29 is 24.5 Å². The van der Waals surface area contributed by atoms with Crippen LogP contribution in [0.25, 0.3) is 0 Å². The number of nitrogens with one attached hydrogen (secondary N) is 1. The Bertz CT molecular complexity index is 584. The molecule has 1 aromatic rings. The highest BCUT2D eigenvalue weighted by Crippen LogP contribution is 2.21. The van der Waals surface area contributed by atoms with Gasteiger partial charge in [0.1, 0.15) is 5.75 Å². The molecule has 3 N–H and O–H groups in total. The lowest BCUT2D eigenvalue weighted by molar-refractivity contribution is -0.111. The number of carbonyl (C=O) groups excluding carboxylic acids is 1. The van der Waals surface area contributed by atoms with Crippen LogP contribution in [0.5, 0.6) is 5.75 Å². The number of carbonyl (C=O) groups is 2. The van der Waals surface area contributed by atoms with Crippen molar-refractivity contribution in [2.45, 2.75) is 0 Å². The van der Waals surface area contributed by atoms with Crippen LogP contribution in [0.4, 0.5) is 5.69 Å². The van der Waals surface area contributed by atoms with E-state index in [2.05, 4.69) is 5.32 Å². The number of aromatic hydroxyl groups is 1. The van der Waals surface area contributed by atoms with E-state index in [1.807, 2.05) is 0 Å². The van der Waals surface area contributed by atoms with Gasteiger partial charge in [-0.3, -0.25) is 4.79 Å². The molecule has 21 heavy (non-hydrogen) atoms. The summed E-state index contributed by atoms with van der Waals surface area (Å²) in [6.07, 6.45) is 0. The third kappa shape index (κ3) is 3.67. The van der Waals surface area contributed by atoms with Crippen molar-refractivity contribution in [3.8, 4) is 5.75 Å². The standard InChI is InChI=1S/C13H14N2O5S/c16-8-1-2-10(9(7-8)13(18)19)14-11(17)12(21)15-3-5-20-6-4-15/h1-2,7,16H,3-6H2,(H,14,17)(H,18,19). The van der Waals surface area contributed by atoms with Crippen molar-refractivity contribution in [3.05, 3.63) is 23.8 Å². The van der Waals surface area contributed by atoms with E-state index in [1.54, 1.807) is 4.90 Å². The second kappa shape index (κ2) is 6.51. The number of phenols is 1. The van der Waals surface area contributed by atoms with Crippen molar-refractivity contribution in [2.24, 2.45) is 0 Å². The summed E-state index contributed by atoms with van der Waals surface area (Å²) in [6, 6.07) is 3.67. The van der Waals surface area contributed by atoms with Gasteiger partial charge in [-0.2, -0.15) is 0 Å². The van der Waals surface area contributed by atoms with Crippen LogP contribution in [0.2, 0.25) is 0 Å². The number of carboxylic acids is 1. The zero-order chi connectivity index (χ0) is 15.4. The van der Waals surface area contributed by atoms with Gasteiger partial charge in [0.05, 0.1) is 24.5 Å². The highest BCUT2D eigenvalue weighted by Gasteiger charge is 2.21. The fourth-order valence-corrected chi connectivity index (χ4v) is 2.14. The van der Waals surface area contributed by atoms with Gasteiger partial charge in [-0.1, -0.05) is 12.2 Å². The summed E-state index contributed by atoms with van der Waals surface area (Å²) in [5.74, 6) is -2.00. The molecule has 0 unspecified atom stereocenters. The summed E-state index contributed by atoms with van der Waals surface area (Å²) in [6.45, 7) is 2.03. The van der Waals surface area contributed by atoms with E-state index in [0.717, 1.165) is 6.07 Å². The van der Waals surface area contributed by atoms with E-state index in [1.165, 1.54) is 12.1 Å². The van der Waals surface area contributed by atoms with Crippen LogP contribution in [0, 0.1) is 0 Å². The molecule has 1 saturated heterocycles. The molecular formula is C13H14N2O5S. The Balaban J connectivity index is 2.12. The van der Waals surface area contributed by atoms with Gasteiger partial charge in [-0.25, -0.2) is 4.79 Å². The smallest absolute Gasteiger partial charge is 0.337 e. The maximum atomic E-state index is 12.1. The summed E-state index contributed by atoms with van der Waals surface area (Å²) >= 11 is 5.09. The Labute approximate surface area is 126 Å². The predicted octanol–water partition coefficient (Wildman–Crippen LogP) is 0.689. The molecule has 1 aliphatic rings. The van der Waals surface area contributed by atoms with Crippen molar-refractivity contribution in [2.75, 3.05) is 31.6 Å². The Morgan fingerprint density at radius 1 is 1.29 bits per heavy atom. The number of ether oxygens (including phenoxy) is 1. The van der Waals surface area contributed by atoms with Crippen molar-refractivity contribution >= 4 is 34.8 Å². The lowest BCUT2D eigenvalue weighted by Crippen LogP contribution is -2.45. The summed E-state index contributed by atoms with van der Waals surface area (Å²) in [5, 5.41) is 20.8. The quantitative estimate of drug-likeness (QED) is 0.546. The Morgan fingerprint density at radius 2 is 1.95 bits per heavy atom. The molecule has 0 bridgehead atoms. The van der Waals surface area contributed by atoms with E-state index in [4.69, 9.17) is 22.1 Å². The molecule has 0 aromatic heterocycles. The van der Waals surface area contributed by atoms with Gasteiger partial charge in [0.15, 0.2) is 4.99 Å². The number of carboxylic acid groups (broad SMARTS) is 1.